The molecular formula is C69H44N2O4. The topological polar surface area (TPSA) is 111 Å². The Morgan fingerprint density at radius 1 is 0.320 bits per heavy atom. The van der Waals surface area contributed by atoms with Crippen LogP contribution in [0.3, 0.4) is 0 Å². The Labute approximate surface area is 436 Å². The molecule has 6 heteroatoms. The summed E-state index contributed by atoms with van der Waals surface area (Å²) < 4.78 is 12.7. The maximum absolute atomic E-state index is 10.2. The molecule has 75 heavy (non-hydrogen) atoms. The molecule has 1 aliphatic carbocycles. The summed E-state index contributed by atoms with van der Waals surface area (Å²) in [6, 6.07) is 74.0. The van der Waals surface area contributed by atoms with Crippen molar-refractivity contribution in [1.82, 2.24) is 0 Å². The number of fused-ring (bicyclic) bond motifs is 3. The number of ether oxygens (including phenoxy) is 2. The highest BCUT2D eigenvalue weighted by Gasteiger charge is 2.48. The maximum atomic E-state index is 10.2. The molecule has 0 saturated carbocycles. The number of phenols is 2. The van der Waals surface area contributed by atoms with Crippen molar-refractivity contribution in [2.75, 3.05) is 11.5 Å². The Morgan fingerprint density at radius 2 is 0.640 bits per heavy atom. The van der Waals surface area contributed by atoms with Gasteiger partial charge in [-0.2, -0.15) is 0 Å². The number of nitrogen functional groups attached to an aromatic ring is 2. The zero-order valence-corrected chi connectivity index (χ0v) is 40.3. The van der Waals surface area contributed by atoms with E-state index in [-0.39, 0.29) is 22.9 Å². The van der Waals surface area contributed by atoms with Gasteiger partial charge in [-0.1, -0.05) is 157 Å². The molecular weight excluding hydrogens is 921 g/mol. The largest absolute Gasteiger partial charge is 0.506 e. The van der Waals surface area contributed by atoms with E-state index in [1.165, 1.54) is 12.1 Å². The summed E-state index contributed by atoms with van der Waals surface area (Å²) >= 11 is 0. The van der Waals surface area contributed by atoms with Crippen molar-refractivity contribution >= 4 is 11.4 Å². The van der Waals surface area contributed by atoms with E-state index < -0.39 is 5.41 Å². The third kappa shape index (κ3) is 9.59. The smallest absolute Gasteiger partial charge is 0.138 e. The Hall–Kier alpha value is -10.8. The average Bonchev–Trinajstić information content (AvgIpc) is 3.76. The van der Waals surface area contributed by atoms with E-state index in [0.29, 0.717) is 23.0 Å². The Bertz CT molecular complexity index is 3770. The number of aromatic hydroxyl groups is 2. The second-order valence-corrected chi connectivity index (χ2v) is 17.7. The molecule has 6 N–H and O–H groups in total. The lowest BCUT2D eigenvalue weighted by atomic mass is 9.67. The molecule has 0 aliphatic heterocycles. The van der Waals surface area contributed by atoms with Gasteiger partial charge in [0.1, 0.15) is 34.5 Å². The van der Waals surface area contributed by atoms with Gasteiger partial charge in [0.05, 0.1) is 16.8 Å². The molecule has 0 radical (unpaired) electrons. The number of benzene rings is 10. The molecule has 0 spiro atoms. The van der Waals surface area contributed by atoms with Gasteiger partial charge in [0, 0.05) is 67.8 Å². The third-order valence-electron chi connectivity index (χ3n) is 13.0. The predicted molar refractivity (Wildman–Crippen MR) is 299 cm³/mol. The van der Waals surface area contributed by atoms with Crippen molar-refractivity contribution in [2.24, 2.45) is 0 Å². The maximum Gasteiger partial charge on any atom is 0.138 e. The van der Waals surface area contributed by atoms with Crippen LogP contribution in [0.1, 0.15) is 66.8 Å². The highest BCUT2D eigenvalue weighted by Crippen LogP contribution is 2.59. The molecule has 10 aromatic carbocycles. The normalized spacial score (nSPS) is 11.4. The van der Waals surface area contributed by atoms with Gasteiger partial charge in [-0.05, 0) is 131 Å². The van der Waals surface area contributed by atoms with Gasteiger partial charge in [0.2, 0.25) is 0 Å². The van der Waals surface area contributed by atoms with E-state index >= 15 is 0 Å². The van der Waals surface area contributed by atoms with Gasteiger partial charge >= 0.3 is 0 Å². The molecule has 10 aromatic rings. The number of hydrogen-bond donors (Lipinski definition) is 4. The number of rotatable bonds is 6. The lowest BCUT2D eigenvalue weighted by molar-refractivity contribution is 0.466. The molecule has 0 aromatic heterocycles. The molecule has 0 amide bonds. The fraction of sp³-hybridized carbons (Fsp3) is 0.0145. The second kappa shape index (κ2) is 20.5. The SMILES string of the molecule is Nc1cc(Oc2ccc(C3(c4ccc(Oc5ccc(O)c(N)c5)cc4)c4ccc(C#Cc5ccccc5)c(C#Cc5ccccc5)c4-c4c3ccc(C#Cc3ccccc3)c4C#Cc3ccccc3)cc2)ccc1O. The summed E-state index contributed by atoms with van der Waals surface area (Å²) in [5.74, 6) is 30.4. The molecule has 0 atom stereocenters. The quantitative estimate of drug-likeness (QED) is 0.0751. The van der Waals surface area contributed by atoms with Crippen LogP contribution >= 0.6 is 0 Å². The van der Waals surface area contributed by atoms with Gasteiger partial charge in [-0.15, -0.1) is 0 Å². The van der Waals surface area contributed by atoms with E-state index in [0.717, 1.165) is 77.9 Å². The van der Waals surface area contributed by atoms with E-state index in [9.17, 15) is 10.2 Å². The van der Waals surface area contributed by atoms with Gasteiger partial charge in [-0.3, -0.25) is 0 Å². The Balaban J connectivity index is 1.23. The van der Waals surface area contributed by atoms with Crippen LogP contribution in [-0.2, 0) is 5.41 Å². The summed E-state index contributed by atoms with van der Waals surface area (Å²) in [6.07, 6.45) is 0. The molecule has 0 unspecified atom stereocenters. The minimum Gasteiger partial charge on any atom is -0.506 e. The number of anilines is 2. The second-order valence-electron chi connectivity index (χ2n) is 17.7. The van der Waals surface area contributed by atoms with Crippen molar-refractivity contribution in [3.63, 3.8) is 0 Å². The van der Waals surface area contributed by atoms with Crippen molar-refractivity contribution in [3.05, 3.63) is 297 Å². The van der Waals surface area contributed by atoms with E-state index in [4.69, 9.17) is 20.9 Å². The van der Waals surface area contributed by atoms with Crippen molar-refractivity contribution < 1.29 is 19.7 Å². The summed E-state index contributed by atoms with van der Waals surface area (Å²) in [5, 5.41) is 20.3. The lowest BCUT2D eigenvalue weighted by Crippen LogP contribution is -2.28. The third-order valence-corrected chi connectivity index (χ3v) is 13.0. The first-order valence-corrected chi connectivity index (χ1v) is 24.2. The van der Waals surface area contributed by atoms with Gasteiger partial charge in [0.25, 0.3) is 0 Å². The molecule has 0 fully saturated rings. The fourth-order valence-corrected chi connectivity index (χ4v) is 9.40. The van der Waals surface area contributed by atoms with Crippen molar-refractivity contribution in [2.45, 2.75) is 5.41 Å². The summed E-state index contributed by atoms with van der Waals surface area (Å²) in [6.45, 7) is 0. The van der Waals surface area contributed by atoms with E-state index in [1.807, 2.05) is 146 Å². The summed E-state index contributed by atoms with van der Waals surface area (Å²) in [4.78, 5) is 0. The average molecular weight is 965 g/mol. The van der Waals surface area contributed by atoms with E-state index in [2.05, 4.69) is 95.9 Å². The first kappa shape index (κ1) is 46.6. The molecule has 0 saturated heterocycles. The zero-order valence-electron chi connectivity index (χ0n) is 40.3. The van der Waals surface area contributed by atoms with Crippen LogP contribution in [0.4, 0.5) is 11.4 Å². The van der Waals surface area contributed by atoms with Crippen LogP contribution in [0.5, 0.6) is 34.5 Å². The van der Waals surface area contributed by atoms with Crippen LogP contribution in [0, 0.1) is 47.4 Å². The monoisotopic (exact) mass is 964 g/mol. The van der Waals surface area contributed by atoms with Crippen LogP contribution < -0.4 is 20.9 Å². The fourth-order valence-electron chi connectivity index (χ4n) is 9.40. The van der Waals surface area contributed by atoms with Crippen LogP contribution in [0.2, 0.25) is 0 Å². The summed E-state index contributed by atoms with van der Waals surface area (Å²) in [5.41, 5.74) is 23.5. The first-order valence-electron chi connectivity index (χ1n) is 24.2. The van der Waals surface area contributed by atoms with Crippen molar-refractivity contribution in [1.29, 1.82) is 0 Å². The van der Waals surface area contributed by atoms with Gasteiger partial charge in [-0.25, -0.2) is 0 Å². The number of phenolic OH excluding ortho intramolecular Hbond substituents is 2. The van der Waals surface area contributed by atoms with Crippen LogP contribution in [-0.4, -0.2) is 10.2 Å². The molecule has 11 rings (SSSR count). The van der Waals surface area contributed by atoms with Crippen molar-refractivity contribution in [3.8, 4) is 93.0 Å². The van der Waals surface area contributed by atoms with Crippen LogP contribution in [0.15, 0.2) is 231 Å². The number of hydrogen-bond acceptors (Lipinski definition) is 6. The van der Waals surface area contributed by atoms with Crippen LogP contribution in [0.25, 0.3) is 11.1 Å². The minimum atomic E-state index is -1.02. The Morgan fingerprint density at radius 3 is 0.973 bits per heavy atom. The summed E-state index contributed by atoms with van der Waals surface area (Å²) in [7, 11) is 0. The first-order chi connectivity index (χ1) is 36.8. The molecule has 0 heterocycles. The highest BCUT2D eigenvalue weighted by atomic mass is 16.5. The Kier molecular flexibility index (Phi) is 12.8. The van der Waals surface area contributed by atoms with Gasteiger partial charge in [0.15, 0.2) is 0 Å². The molecule has 0 bridgehead atoms. The van der Waals surface area contributed by atoms with E-state index in [1.54, 1.807) is 24.3 Å². The molecule has 354 valence electrons. The predicted octanol–water partition coefficient (Wildman–Crippen LogP) is 13.8. The highest BCUT2D eigenvalue weighted by molar-refractivity contribution is 5.95. The molecule has 1 aliphatic rings. The zero-order chi connectivity index (χ0) is 51.1. The standard InChI is InChI=1S/C69H44N2O4/c70-63-45-57(37-43-65(63)72)74-55-33-29-53(30-34-55)69(54-31-35-56(36-32-54)75-58-38-44-66(73)64(71)46-58)61-41-27-51(25-21-47-13-5-1-6-14-47)59(39-23-49-17-9-3-10-18-49)67(61)68-60(40-24-50-19-11-4-12-20-50)52(28-42-62(68)69)26-22-48-15-7-2-8-16-48/h1-20,27-38,41-46,72-73H,70-71H2. The lowest BCUT2D eigenvalue weighted by Gasteiger charge is -2.34. The van der Waals surface area contributed by atoms with Gasteiger partial charge < -0.3 is 31.2 Å². The molecule has 6 nitrogen and oxygen atoms in total. The minimum absolute atomic E-state index is 0.0223. The number of nitrogens with two attached hydrogens (primary N) is 2.